The van der Waals surface area contributed by atoms with Crippen molar-refractivity contribution in [2.45, 2.75) is 19.9 Å². The summed E-state index contributed by atoms with van der Waals surface area (Å²) >= 11 is 0. The van der Waals surface area contributed by atoms with E-state index in [9.17, 15) is 0 Å². The third-order valence-electron chi connectivity index (χ3n) is 2.61. The van der Waals surface area contributed by atoms with Crippen molar-refractivity contribution in [2.75, 3.05) is 13.6 Å². The second kappa shape index (κ2) is 5.59. The quantitative estimate of drug-likeness (QED) is 0.844. The van der Waals surface area contributed by atoms with Crippen LogP contribution < -0.4 is 5.32 Å². The number of hydrogen-bond donors (Lipinski definition) is 1. The predicted molar refractivity (Wildman–Crippen MR) is 67.9 cm³/mol. The number of pyridine rings is 1. The molecule has 17 heavy (non-hydrogen) atoms. The van der Waals surface area contributed by atoms with Gasteiger partial charge in [0.1, 0.15) is 0 Å². The smallest absolute Gasteiger partial charge is 0.0953 e. The highest BCUT2D eigenvalue weighted by Gasteiger charge is 2.00. The molecule has 0 unspecified atom stereocenters. The van der Waals surface area contributed by atoms with Crippen molar-refractivity contribution < 1.29 is 0 Å². The second-order valence-corrected chi connectivity index (χ2v) is 4.16. The fourth-order valence-electron chi connectivity index (χ4n) is 1.75. The van der Waals surface area contributed by atoms with E-state index in [2.05, 4.69) is 26.0 Å². The molecular formula is C13H18N4. The van der Waals surface area contributed by atoms with E-state index >= 15 is 0 Å². The zero-order chi connectivity index (χ0) is 12.1. The summed E-state index contributed by atoms with van der Waals surface area (Å²) in [6.45, 7) is 3.75. The average molecular weight is 230 g/mol. The van der Waals surface area contributed by atoms with Gasteiger partial charge in [-0.3, -0.25) is 4.98 Å². The molecule has 2 rings (SSSR count). The molecule has 0 aliphatic carbocycles. The third kappa shape index (κ3) is 3.39. The number of aromatic nitrogens is 3. The highest BCUT2D eigenvalue weighted by Crippen LogP contribution is 2.03. The Hall–Kier alpha value is -1.68. The number of hydrogen-bond acceptors (Lipinski definition) is 3. The Bertz CT molecular complexity index is 476. The fourth-order valence-corrected chi connectivity index (χ4v) is 1.75. The van der Waals surface area contributed by atoms with Gasteiger partial charge in [0.05, 0.1) is 24.3 Å². The minimum absolute atomic E-state index is 0.786. The molecule has 0 atom stereocenters. The van der Waals surface area contributed by atoms with Gasteiger partial charge in [0, 0.05) is 24.9 Å². The van der Waals surface area contributed by atoms with Gasteiger partial charge in [-0.15, -0.1) is 0 Å². The van der Waals surface area contributed by atoms with Gasteiger partial charge in [0.2, 0.25) is 0 Å². The molecule has 90 valence electrons. The van der Waals surface area contributed by atoms with E-state index in [-0.39, 0.29) is 0 Å². The number of rotatable bonds is 5. The van der Waals surface area contributed by atoms with Crippen molar-refractivity contribution in [3.8, 4) is 0 Å². The maximum Gasteiger partial charge on any atom is 0.0953 e. The van der Waals surface area contributed by atoms with Crippen LogP contribution in [0, 0.1) is 6.92 Å². The first kappa shape index (κ1) is 11.8. The molecule has 4 nitrogen and oxygen atoms in total. The Morgan fingerprint density at radius 1 is 1.29 bits per heavy atom. The van der Waals surface area contributed by atoms with E-state index in [1.54, 1.807) is 0 Å². The van der Waals surface area contributed by atoms with Gasteiger partial charge in [0.25, 0.3) is 0 Å². The molecule has 0 amide bonds. The monoisotopic (exact) mass is 230 g/mol. The summed E-state index contributed by atoms with van der Waals surface area (Å²) in [5.41, 5.74) is 3.24. The average Bonchev–Trinajstić information content (AvgIpc) is 2.74. The topological polar surface area (TPSA) is 42.7 Å². The van der Waals surface area contributed by atoms with E-state index in [4.69, 9.17) is 0 Å². The molecule has 0 bridgehead atoms. The third-order valence-corrected chi connectivity index (χ3v) is 2.61. The van der Waals surface area contributed by atoms with Crippen molar-refractivity contribution in [1.82, 2.24) is 19.9 Å². The lowest BCUT2D eigenvalue weighted by Gasteiger charge is -2.02. The zero-order valence-corrected chi connectivity index (χ0v) is 10.3. The molecule has 4 heteroatoms. The highest BCUT2D eigenvalue weighted by molar-refractivity contribution is 5.11. The predicted octanol–water partition coefficient (Wildman–Crippen LogP) is 1.40. The summed E-state index contributed by atoms with van der Waals surface area (Å²) in [5.74, 6) is 0. The van der Waals surface area contributed by atoms with Crippen LogP contribution in [-0.4, -0.2) is 28.1 Å². The molecule has 2 aromatic rings. The van der Waals surface area contributed by atoms with Gasteiger partial charge in [-0.05, 0) is 26.1 Å². The van der Waals surface area contributed by atoms with Crippen molar-refractivity contribution >= 4 is 0 Å². The van der Waals surface area contributed by atoms with E-state index in [1.807, 2.05) is 38.5 Å². The highest BCUT2D eigenvalue weighted by atomic mass is 15.0. The van der Waals surface area contributed by atoms with Gasteiger partial charge in [-0.25, -0.2) is 4.98 Å². The van der Waals surface area contributed by atoms with Crippen LogP contribution >= 0.6 is 0 Å². The lowest BCUT2D eigenvalue weighted by Crippen LogP contribution is -2.10. The minimum atomic E-state index is 0.786. The van der Waals surface area contributed by atoms with Crippen LogP contribution in [0.15, 0.2) is 30.7 Å². The summed E-state index contributed by atoms with van der Waals surface area (Å²) in [7, 11) is 1.95. The lowest BCUT2D eigenvalue weighted by molar-refractivity contribution is 0.762. The molecule has 0 spiro atoms. The molecule has 0 saturated carbocycles. The fraction of sp³-hybridized carbons (Fsp3) is 0.385. The number of nitrogens with one attached hydrogen (secondary N) is 1. The van der Waals surface area contributed by atoms with Gasteiger partial charge in [-0.1, -0.05) is 6.07 Å². The molecule has 0 aromatic carbocycles. The van der Waals surface area contributed by atoms with Crippen LogP contribution in [0.5, 0.6) is 0 Å². The first-order valence-electron chi connectivity index (χ1n) is 5.85. The zero-order valence-electron chi connectivity index (χ0n) is 10.3. The Balaban J connectivity index is 2.01. The Kier molecular flexibility index (Phi) is 3.88. The van der Waals surface area contributed by atoms with Crippen LogP contribution in [0.2, 0.25) is 0 Å². The second-order valence-electron chi connectivity index (χ2n) is 4.16. The van der Waals surface area contributed by atoms with Gasteiger partial charge < -0.3 is 9.88 Å². The Morgan fingerprint density at radius 2 is 2.18 bits per heavy atom. The molecule has 2 heterocycles. The Morgan fingerprint density at radius 3 is 2.94 bits per heavy atom. The van der Waals surface area contributed by atoms with E-state index < -0.39 is 0 Å². The summed E-state index contributed by atoms with van der Waals surface area (Å²) in [5, 5.41) is 3.12. The largest absolute Gasteiger partial charge is 0.331 e. The van der Waals surface area contributed by atoms with Crippen molar-refractivity contribution in [3.63, 3.8) is 0 Å². The number of likely N-dealkylation sites (N-methyl/N-ethyl adjacent to an activating group) is 1. The van der Waals surface area contributed by atoms with E-state index in [0.717, 1.165) is 36.6 Å². The van der Waals surface area contributed by atoms with Crippen LogP contribution in [0.25, 0.3) is 0 Å². The first-order valence-corrected chi connectivity index (χ1v) is 5.85. The molecule has 0 saturated heterocycles. The van der Waals surface area contributed by atoms with Crippen molar-refractivity contribution in [1.29, 1.82) is 0 Å². The van der Waals surface area contributed by atoms with E-state index in [0.29, 0.717) is 0 Å². The molecule has 0 aliphatic heterocycles. The van der Waals surface area contributed by atoms with Crippen molar-refractivity contribution in [3.05, 3.63) is 47.8 Å². The summed E-state index contributed by atoms with van der Waals surface area (Å²) in [4.78, 5) is 8.85. The van der Waals surface area contributed by atoms with Crippen LogP contribution in [0.4, 0.5) is 0 Å². The molecule has 1 N–H and O–H groups in total. The number of nitrogens with zero attached hydrogens (tertiary/aromatic N) is 3. The number of imidazole rings is 1. The first-order chi connectivity index (χ1) is 8.28. The molecule has 0 radical (unpaired) electrons. The maximum absolute atomic E-state index is 4.48. The summed E-state index contributed by atoms with van der Waals surface area (Å²) in [6, 6.07) is 6.09. The standard InChI is InChI=1S/C13H18N4/c1-11-4-3-5-13(16-11)9-17-8-12(15-10-17)6-7-14-2/h3-5,8,10,14H,6-7,9H2,1-2H3. The summed E-state index contributed by atoms with van der Waals surface area (Å²) < 4.78 is 2.08. The number of aryl methyl sites for hydroxylation is 1. The normalized spacial score (nSPS) is 10.7. The molecule has 0 fully saturated rings. The van der Waals surface area contributed by atoms with Crippen LogP contribution in [0.3, 0.4) is 0 Å². The van der Waals surface area contributed by atoms with Crippen molar-refractivity contribution in [2.24, 2.45) is 0 Å². The van der Waals surface area contributed by atoms with E-state index in [1.165, 1.54) is 0 Å². The molecule has 0 aliphatic rings. The van der Waals surface area contributed by atoms with Gasteiger partial charge >= 0.3 is 0 Å². The van der Waals surface area contributed by atoms with Crippen LogP contribution in [0.1, 0.15) is 17.1 Å². The molecule has 2 aromatic heterocycles. The lowest BCUT2D eigenvalue weighted by atomic mass is 10.3. The van der Waals surface area contributed by atoms with Gasteiger partial charge in [-0.2, -0.15) is 0 Å². The molecular weight excluding hydrogens is 212 g/mol. The Labute approximate surface area is 102 Å². The van der Waals surface area contributed by atoms with Crippen LogP contribution in [-0.2, 0) is 13.0 Å². The maximum atomic E-state index is 4.48. The SMILES string of the molecule is CNCCc1cn(Cc2cccc(C)n2)cn1. The summed E-state index contributed by atoms with van der Waals surface area (Å²) in [6.07, 6.45) is 4.92. The minimum Gasteiger partial charge on any atom is -0.331 e. The van der Waals surface area contributed by atoms with Gasteiger partial charge in [0.15, 0.2) is 0 Å².